The van der Waals surface area contributed by atoms with Crippen molar-refractivity contribution in [2.24, 2.45) is 5.41 Å². The number of methoxy groups -OCH3 is 2. The fourth-order valence-electron chi connectivity index (χ4n) is 6.12. The lowest BCUT2D eigenvalue weighted by atomic mass is 9.73. The van der Waals surface area contributed by atoms with E-state index in [9.17, 15) is 4.79 Å². The van der Waals surface area contributed by atoms with E-state index in [4.69, 9.17) is 14.2 Å². The van der Waals surface area contributed by atoms with Gasteiger partial charge in [0.15, 0.2) is 0 Å². The minimum Gasteiger partial charge on any atom is -0.497 e. The Morgan fingerprint density at radius 1 is 0.925 bits per heavy atom. The zero-order valence-electron chi connectivity index (χ0n) is 23.8. The summed E-state index contributed by atoms with van der Waals surface area (Å²) in [7, 11) is 3.31. The fourth-order valence-corrected chi connectivity index (χ4v) is 6.12. The Kier molecular flexibility index (Phi) is 9.22. The molecule has 0 N–H and O–H groups in total. The van der Waals surface area contributed by atoms with Crippen molar-refractivity contribution in [3.05, 3.63) is 83.7 Å². The number of aryl methyl sites for hydroxylation is 1. The van der Waals surface area contributed by atoms with Gasteiger partial charge in [0.05, 0.1) is 14.2 Å². The van der Waals surface area contributed by atoms with Gasteiger partial charge in [-0.3, -0.25) is 14.7 Å². The van der Waals surface area contributed by atoms with Gasteiger partial charge in [0.25, 0.3) is 5.91 Å². The number of rotatable bonds is 5. The third kappa shape index (κ3) is 6.94. The van der Waals surface area contributed by atoms with Crippen LogP contribution in [0, 0.1) is 5.41 Å². The molecule has 1 aromatic heterocycles. The lowest BCUT2D eigenvalue weighted by molar-refractivity contribution is 0.0357. The fraction of sp³-hybridized carbons (Fsp3) is 0.455. The molecule has 0 bridgehead atoms. The number of carbonyl (C=O) groups is 1. The molecule has 2 aromatic carbocycles. The molecule has 2 aliphatic heterocycles. The van der Waals surface area contributed by atoms with Crippen LogP contribution < -0.4 is 14.2 Å². The van der Waals surface area contributed by atoms with E-state index in [0.29, 0.717) is 18.1 Å². The van der Waals surface area contributed by atoms with Crippen LogP contribution in [0.2, 0.25) is 0 Å². The molecule has 2 aliphatic rings. The molecule has 0 saturated carbocycles. The largest absolute Gasteiger partial charge is 0.497 e. The van der Waals surface area contributed by atoms with E-state index < -0.39 is 0 Å². The second-order valence-corrected chi connectivity index (χ2v) is 11.1. The number of carbonyl (C=O) groups excluding carboxylic acids is 1. The molecule has 3 aromatic rings. The third-order valence-corrected chi connectivity index (χ3v) is 8.46. The number of piperidine rings is 1. The van der Waals surface area contributed by atoms with E-state index >= 15 is 0 Å². The van der Waals surface area contributed by atoms with E-state index in [1.807, 2.05) is 17.0 Å². The molecule has 0 radical (unpaired) electrons. The Hall–Kier alpha value is -3.58. The highest BCUT2D eigenvalue weighted by Gasteiger charge is 2.37. The number of para-hydroxylation sites is 1. The molecule has 1 amide bonds. The molecule has 40 heavy (non-hydrogen) atoms. The van der Waals surface area contributed by atoms with Crippen molar-refractivity contribution < 1.29 is 19.0 Å². The summed E-state index contributed by atoms with van der Waals surface area (Å²) in [5.74, 6) is 2.53. The monoisotopic (exact) mass is 543 g/mol. The van der Waals surface area contributed by atoms with Crippen LogP contribution in [0.4, 0.5) is 0 Å². The number of amides is 1. The number of ether oxygens (including phenoxy) is 3. The summed E-state index contributed by atoms with van der Waals surface area (Å²) in [5, 5.41) is 0. The zero-order chi connectivity index (χ0) is 27.8. The second kappa shape index (κ2) is 13.2. The molecule has 1 fully saturated rings. The summed E-state index contributed by atoms with van der Waals surface area (Å²) < 4.78 is 17.0. The molecule has 212 valence electrons. The first-order chi connectivity index (χ1) is 19.6. The normalized spacial score (nSPS) is 18.1. The van der Waals surface area contributed by atoms with Gasteiger partial charge in [0.1, 0.15) is 29.5 Å². The van der Waals surface area contributed by atoms with E-state index in [1.54, 1.807) is 32.5 Å². The first kappa shape index (κ1) is 28.0. The molecule has 1 saturated heterocycles. The van der Waals surface area contributed by atoms with E-state index in [-0.39, 0.29) is 11.3 Å². The average Bonchev–Trinajstić information content (AvgIpc) is 3.00. The number of fused-ring (bicyclic) bond motifs is 1. The molecule has 0 aliphatic carbocycles. The van der Waals surface area contributed by atoms with Gasteiger partial charge in [-0.05, 0) is 72.9 Å². The lowest BCUT2D eigenvalue weighted by Crippen LogP contribution is -2.48. The number of likely N-dealkylation sites (tertiary alicyclic amines) is 1. The van der Waals surface area contributed by atoms with Crippen LogP contribution in [0.3, 0.4) is 0 Å². The number of benzene rings is 2. The average molecular weight is 544 g/mol. The van der Waals surface area contributed by atoms with Gasteiger partial charge < -0.3 is 19.1 Å². The van der Waals surface area contributed by atoms with Gasteiger partial charge in [-0.1, -0.05) is 36.8 Å². The maximum atomic E-state index is 13.3. The summed E-state index contributed by atoms with van der Waals surface area (Å²) in [6.07, 6.45) is 8.11. The van der Waals surface area contributed by atoms with Crippen LogP contribution in [0.5, 0.6) is 17.2 Å². The summed E-state index contributed by atoms with van der Waals surface area (Å²) in [5.41, 5.74) is 3.17. The first-order valence-electron chi connectivity index (χ1n) is 14.4. The second-order valence-electron chi connectivity index (χ2n) is 11.1. The van der Waals surface area contributed by atoms with Gasteiger partial charge in [0, 0.05) is 45.0 Å². The van der Waals surface area contributed by atoms with Crippen molar-refractivity contribution in [2.45, 2.75) is 45.1 Å². The molecule has 0 unspecified atom stereocenters. The molecule has 1 spiro atoms. The Labute approximate surface area is 238 Å². The Morgan fingerprint density at radius 3 is 2.48 bits per heavy atom. The molecule has 7 heteroatoms. The van der Waals surface area contributed by atoms with E-state index in [2.05, 4.69) is 46.3 Å². The quantitative estimate of drug-likeness (QED) is 0.416. The van der Waals surface area contributed by atoms with Crippen LogP contribution in [-0.4, -0.2) is 67.7 Å². The molecule has 5 rings (SSSR count). The summed E-state index contributed by atoms with van der Waals surface area (Å²) in [4.78, 5) is 22.1. The van der Waals surface area contributed by atoms with E-state index in [1.165, 1.54) is 11.1 Å². The van der Waals surface area contributed by atoms with Crippen molar-refractivity contribution in [3.8, 4) is 17.2 Å². The summed E-state index contributed by atoms with van der Waals surface area (Å²) >= 11 is 0. The number of nitrogens with zero attached hydrogens (tertiary/aromatic N) is 3. The Morgan fingerprint density at radius 2 is 1.70 bits per heavy atom. The van der Waals surface area contributed by atoms with Gasteiger partial charge in [-0.2, -0.15) is 0 Å². The molecular formula is C33H41N3O4. The number of pyridine rings is 1. The summed E-state index contributed by atoms with van der Waals surface area (Å²) in [6, 6.07) is 20.3. The third-order valence-electron chi connectivity index (χ3n) is 8.46. The molecule has 0 atom stereocenters. The maximum Gasteiger partial charge on any atom is 0.272 e. The van der Waals surface area contributed by atoms with Crippen molar-refractivity contribution in [3.63, 3.8) is 0 Å². The predicted molar refractivity (Wildman–Crippen MR) is 156 cm³/mol. The molecule has 3 heterocycles. The van der Waals surface area contributed by atoms with Crippen molar-refractivity contribution in [1.29, 1.82) is 0 Å². The smallest absolute Gasteiger partial charge is 0.272 e. The highest BCUT2D eigenvalue weighted by Crippen LogP contribution is 2.39. The minimum atomic E-state index is -0.0120. The standard InChI is InChI=1S/C33H41N3O4/c1-38-28-12-10-26(11-13-28)24-35-21-22-40-31-9-4-3-7-27(31)8-5-6-15-33(25-35)16-19-36(20-17-33)32(37)30-23-29(39-2)14-18-34-30/h3-4,7,9-14,18,23H,5-6,8,15-17,19-22,24-25H2,1-2H3. The summed E-state index contributed by atoms with van der Waals surface area (Å²) in [6.45, 7) is 4.82. The van der Waals surface area contributed by atoms with Crippen molar-refractivity contribution in [2.75, 3.05) is 47.0 Å². The number of hydrogen-bond donors (Lipinski definition) is 0. The van der Waals surface area contributed by atoms with Crippen molar-refractivity contribution in [1.82, 2.24) is 14.8 Å². The van der Waals surface area contributed by atoms with Crippen LogP contribution in [0.15, 0.2) is 66.9 Å². The van der Waals surface area contributed by atoms with Crippen LogP contribution >= 0.6 is 0 Å². The maximum absolute atomic E-state index is 13.3. The minimum absolute atomic E-state index is 0.0120. The number of aromatic nitrogens is 1. The van der Waals surface area contributed by atoms with Crippen LogP contribution in [0.1, 0.15) is 53.7 Å². The van der Waals surface area contributed by atoms with Gasteiger partial charge >= 0.3 is 0 Å². The van der Waals surface area contributed by atoms with Crippen LogP contribution in [-0.2, 0) is 13.0 Å². The van der Waals surface area contributed by atoms with Gasteiger partial charge in [-0.15, -0.1) is 0 Å². The zero-order valence-corrected chi connectivity index (χ0v) is 23.8. The first-order valence-corrected chi connectivity index (χ1v) is 14.4. The van der Waals surface area contributed by atoms with Crippen molar-refractivity contribution >= 4 is 5.91 Å². The van der Waals surface area contributed by atoms with Gasteiger partial charge in [-0.25, -0.2) is 0 Å². The Bertz CT molecular complexity index is 1250. The topological polar surface area (TPSA) is 64.1 Å². The predicted octanol–water partition coefficient (Wildman–Crippen LogP) is 5.63. The Balaban J connectivity index is 1.32. The highest BCUT2D eigenvalue weighted by atomic mass is 16.5. The lowest BCUT2D eigenvalue weighted by Gasteiger charge is -2.45. The van der Waals surface area contributed by atoms with Gasteiger partial charge in [0.2, 0.25) is 0 Å². The number of hydrogen-bond acceptors (Lipinski definition) is 6. The van der Waals surface area contributed by atoms with Crippen LogP contribution in [0.25, 0.3) is 0 Å². The SMILES string of the molecule is COc1ccc(CN2CCOc3ccccc3CCCCC3(CCN(C(=O)c4cc(OC)ccn4)CC3)C2)cc1. The molecule has 7 nitrogen and oxygen atoms in total. The van der Waals surface area contributed by atoms with E-state index in [0.717, 1.165) is 82.7 Å². The highest BCUT2D eigenvalue weighted by molar-refractivity contribution is 5.92. The molecular weight excluding hydrogens is 502 g/mol.